The fourth-order valence-electron chi connectivity index (χ4n) is 1.31. The van der Waals surface area contributed by atoms with Crippen LogP contribution < -0.4 is 10.6 Å². The zero-order chi connectivity index (χ0) is 15.9. The molecule has 1 aromatic rings. The number of hydrogen-bond donors (Lipinski definition) is 2. The van der Waals surface area contributed by atoms with Gasteiger partial charge in [-0.15, -0.1) is 0 Å². The number of amides is 2. The van der Waals surface area contributed by atoms with E-state index in [-0.39, 0.29) is 11.7 Å². The molecule has 0 aliphatic carbocycles. The van der Waals surface area contributed by atoms with Crippen LogP contribution in [0.25, 0.3) is 0 Å². The molecule has 1 aromatic heterocycles. The summed E-state index contributed by atoms with van der Waals surface area (Å²) in [6.45, 7) is 7.60. The van der Waals surface area contributed by atoms with Crippen LogP contribution in [0, 0.1) is 6.92 Å². The molecule has 1 rings (SSSR count). The molecule has 0 spiro atoms. The van der Waals surface area contributed by atoms with Gasteiger partial charge in [-0.3, -0.25) is 4.79 Å². The third-order valence-electron chi connectivity index (χ3n) is 2.04. The lowest BCUT2D eigenvalue weighted by Gasteiger charge is -2.19. The fraction of sp³-hybridized carbons (Fsp3) is 0.615. The molecule has 0 radical (unpaired) electrons. The van der Waals surface area contributed by atoms with Crippen molar-refractivity contribution in [2.24, 2.45) is 0 Å². The van der Waals surface area contributed by atoms with E-state index < -0.39 is 11.7 Å². The Morgan fingerprint density at radius 3 is 2.71 bits per heavy atom. The fourth-order valence-corrected chi connectivity index (χ4v) is 1.96. The normalized spacial score (nSPS) is 11.0. The van der Waals surface area contributed by atoms with Crippen molar-refractivity contribution in [3.8, 4) is 0 Å². The van der Waals surface area contributed by atoms with E-state index in [1.54, 1.807) is 33.8 Å². The number of hydrogen-bond acceptors (Lipinski definition) is 6. The maximum Gasteiger partial charge on any atom is 0.407 e. The lowest BCUT2D eigenvalue weighted by Crippen LogP contribution is -2.33. The van der Waals surface area contributed by atoms with Gasteiger partial charge in [-0.05, 0) is 27.7 Å². The van der Waals surface area contributed by atoms with Gasteiger partial charge in [0.25, 0.3) is 0 Å². The summed E-state index contributed by atoms with van der Waals surface area (Å²) in [5.41, 5.74) is -0.507. The Balaban J connectivity index is 2.08. The molecule has 0 aliphatic heterocycles. The molecule has 8 heteroatoms. The number of carbonyl (C=O) groups is 2. The van der Waals surface area contributed by atoms with Gasteiger partial charge in [0, 0.05) is 18.4 Å². The summed E-state index contributed by atoms with van der Waals surface area (Å²) >= 11 is 1.41. The quantitative estimate of drug-likeness (QED) is 0.782. The lowest BCUT2D eigenvalue weighted by molar-refractivity contribution is -0.113. The van der Waals surface area contributed by atoms with Crippen LogP contribution >= 0.6 is 11.8 Å². The number of thioether (sulfide) groups is 1. The topological polar surface area (TPSA) is 93.5 Å². The van der Waals surface area contributed by atoms with Gasteiger partial charge < -0.3 is 19.9 Å². The van der Waals surface area contributed by atoms with Crippen molar-refractivity contribution in [2.75, 3.05) is 23.4 Å². The number of ether oxygens (including phenoxy) is 1. The highest BCUT2D eigenvalue weighted by Gasteiger charge is 2.15. The van der Waals surface area contributed by atoms with Gasteiger partial charge >= 0.3 is 6.09 Å². The minimum Gasteiger partial charge on any atom is -0.444 e. The van der Waals surface area contributed by atoms with E-state index in [2.05, 4.69) is 15.8 Å². The molecule has 0 atom stereocenters. The third kappa shape index (κ3) is 8.23. The van der Waals surface area contributed by atoms with E-state index in [4.69, 9.17) is 9.26 Å². The van der Waals surface area contributed by atoms with Crippen molar-refractivity contribution in [1.29, 1.82) is 0 Å². The highest BCUT2D eigenvalue weighted by Crippen LogP contribution is 2.08. The van der Waals surface area contributed by atoms with E-state index in [1.165, 1.54) is 11.8 Å². The van der Waals surface area contributed by atoms with Crippen LogP contribution in [0.4, 0.5) is 10.6 Å². The Labute approximate surface area is 128 Å². The molecule has 0 unspecified atom stereocenters. The van der Waals surface area contributed by atoms with E-state index in [9.17, 15) is 9.59 Å². The average molecular weight is 315 g/mol. The molecule has 118 valence electrons. The smallest absolute Gasteiger partial charge is 0.407 e. The van der Waals surface area contributed by atoms with E-state index in [1.807, 2.05) is 0 Å². The Hall–Kier alpha value is -1.70. The first-order valence-corrected chi connectivity index (χ1v) is 7.69. The van der Waals surface area contributed by atoms with Crippen LogP contribution in [0.2, 0.25) is 0 Å². The van der Waals surface area contributed by atoms with Crippen LogP contribution in [-0.2, 0) is 9.53 Å². The first-order chi connectivity index (χ1) is 9.76. The first-order valence-electron chi connectivity index (χ1n) is 6.54. The zero-order valence-corrected chi connectivity index (χ0v) is 13.5. The highest BCUT2D eigenvalue weighted by atomic mass is 32.2. The summed E-state index contributed by atoms with van der Waals surface area (Å²) in [5.74, 6) is 1.78. The predicted octanol–water partition coefficient (Wildman–Crippen LogP) is 2.18. The summed E-state index contributed by atoms with van der Waals surface area (Å²) in [5, 5.41) is 8.91. The Morgan fingerprint density at radius 2 is 2.14 bits per heavy atom. The molecule has 1 heterocycles. The summed E-state index contributed by atoms with van der Waals surface area (Å²) in [6.07, 6.45) is -0.453. The van der Waals surface area contributed by atoms with Crippen LogP contribution in [0.15, 0.2) is 10.6 Å². The molecule has 2 amide bonds. The first kappa shape index (κ1) is 17.4. The van der Waals surface area contributed by atoms with Gasteiger partial charge in [-0.25, -0.2) is 4.79 Å². The van der Waals surface area contributed by atoms with Gasteiger partial charge in [0.2, 0.25) is 5.91 Å². The minimum absolute atomic E-state index is 0.162. The number of nitrogens with one attached hydrogen (secondary N) is 2. The van der Waals surface area contributed by atoms with Crippen molar-refractivity contribution in [3.05, 3.63) is 11.8 Å². The molecule has 2 N–H and O–H groups in total. The third-order valence-corrected chi connectivity index (χ3v) is 3.00. The molecule has 0 saturated heterocycles. The van der Waals surface area contributed by atoms with Gasteiger partial charge in [0.15, 0.2) is 5.82 Å². The van der Waals surface area contributed by atoms with Crippen LogP contribution in [0.1, 0.15) is 26.5 Å². The lowest BCUT2D eigenvalue weighted by atomic mass is 10.2. The minimum atomic E-state index is -0.507. The highest BCUT2D eigenvalue weighted by molar-refractivity contribution is 7.99. The second kappa shape index (κ2) is 7.92. The molecular formula is C13H21N3O4S. The number of aromatic nitrogens is 1. The molecular weight excluding hydrogens is 294 g/mol. The van der Waals surface area contributed by atoms with Crippen molar-refractivity contribution >= 4 is 29.6 Å². The summed E-state index contributed by atoms with van der Waals surface area (Å²) in [7, 11) is 0. The van der Waals surface area contributed by atoms with Crippen molar-refractivity contribution in [1.82, 2.24) is 10.5 Å². The molecule has 0 saturated carbocycles. The number of carbonyl (C=O) groups excluding carboxylic acids is 2. The monoisotopic (exact) mass is 315 g/mol. The second-order valence-corrected chi connectivity index (χ2v) is 6.46. The summed E-state index contributed by atoms with van der Waals surface area (Å²) in [4.78, 5) is 22.9. The molecule has 0 aliphatic rings. The van der Waals surface area contributed by atoms with Gasteiger partial charge in [0.1, 0.15) is 11.4 Å². The maximum absolute atomic E-state index is 11.6. The summed E-state index contributed by atoms with van der Waals surface area (Å²) < 4.78 is 9.93. The summed E-state index contributed by atoms with van der Waals surface area (Å²) in [6, 6.07) is 1.65. The van der Waals surface area contributed by atoms with Gasteiger partial charge in [0.05, 0.1) is 5.75 Å². The molecule has 0 bridgehead atoms. The van der Waals surface area contributed by atoms with E-state index >= 15 is 0 Å². The van der Waals surface area contributed by atoms with E-state index in [0.29, 0.717) is 23.9 Å². The number of aryl methyl sites for hydroxylation is 1. The Morgan fingerprint density at radius 1 is 1.43 bits per heavy atom. The van der Waals surface area contributed by atoms with Crippen LogP contribution in [-0.4, -0.2) is 40.8 Å². The average Bonchev–Trinajstić information content (AvgIpc) is 2.71. The van der Waals surface area contributed by atoms with Crippen LogP contribution in [0.3, 0.4) is 0 Å². The second-order valence-electron chi connectivity index (χ2n) is 5.35. The SMILES string of the molecule is Cc1cc(NC(=O)CSCCNC(=O)OC(C)(C)C)no1. The van der Waals surface area contributed by atoms with Crippen molar-refractivity contribution in [2.45, 2.75) is 33.3 Å². The molecule has 7 nitrogen and oxygen atoms in total. The molecule has 21 heavy (non-hydrogen) atoms. The number of alkyl carbamates (subject to hydrolysis) is 1. The Bertz CT molecular complexity index is 482. The largest absolute Gasteiger partial charge is 0.444 e. The zero-order valence-electron chi connectivity index (χ0n) is 12.7. The van der Waals surface area contributed by atoms with Crippen LogP contribution in [0.5, 0.6) is 0 Å². The predicted molar refractivity (Wildman–Crippen MR) is 81.4 cm³/mol. The van der Waals surface area contributed by atoms with Gasteiger partial charge in [-0.1, -0.05) is 5.16 Å². The number of nitrogens with zero attached hydrogens (tertiary/aromatic N) is 1. The number of rotatable bonds is 6. The van der Waals surface area contributed by atoms with Crippen molar-refractivity contribution in [3.63, 3.8) is 0 Å². The van der Waals surface area contributed by atoms with Crippen molar-refractivity contribution < 1.29 is 18.8 Å². The van der Waals surface area contributed by atoms with Gasteiger partial charge in [-0.2, -0.15) is 11.8 Å². The maximum atomic E-state index is 11.6. The molecule has 0 fully saturated rings. The molecule has 0 aromatic carbocycles. The standard InChI is InChI=1S/C13H21N3O4S/c1-9-7-10(16-20-9)15-11(17)8-21-6-5-14-12(18)19-13(2,3)4/h7H,5-6,8H2,1-4H3,(H,14,18)(H,15,16,17). The number of anilines is 1. The van der Waals surface area contributed by atoms with E-state index in [0.717, 1.165) is 0 Å². The Kier molecular flexibility index (Phi) is 6.54.